The summed E-state index contributed by atoms with van der Waals surface area (Å²) in [4.78, 5) is 0. The Morgan fingerprint density at radius 1 is 1.37 bits per heavy atom. The van der Waals surface area contributed by atoms with Gasteiger partial charge in [-0.3, -0.25) is 0 Å². The first-order valence-corrected chi connectivity index (χ1v) is 6.93. The van der Waals surface area contributed by atoms with Crippen molar-refractivity contribution in [3.05, 3.63) is 40.7 Å². The lowest BCUT2D eigenvalue weighted by molar-refractivity contribution is 0.555. The molecule has 1 atom stereocenters. The van der Waals surface area contributed by atoms with E-state index >= 15 is 0 Å². The quantitative estimate of drug-likeness (QED) is 0.913. The van der Waals surface area contributed by atoms with Gasteiger partial charge in [0.15, 0.2) is 0 Å². The first kappa shape index (κ1) is 14.0. The molecular formula is C14H19ClN4. The minimum Gasteiger partial charge on any atom is -0.309 e. The van der Waals surface area contributed by atoms with Gasteiger partial charge < -0.3 is 5.32 Å². The number of hydrogen-bond acceptors (Lipinski definition) is 3. The van der Waals surface area contributed by atoms with Crippen LogP contribution in [0.15, 0.2) is 24.3 Å². The summed E-state index contributed by atoms with van der Waals surface area (Å²) in [6.07, 6.45) is 1.10. The monoisotopic (exact) mass is 278 g/mol. The van der Waals surface area contributed by atoms with Gasteiger partial charge >= 0.3 is 0 Å². The highest BCUT2D eigenvalue weighted by molar-refractivity contribution is 6.32. The summed E-state index contributed by atoms with van der Waals surface area (Å²) < 4.78 is 1.79. The molecule has 0 aliphatic rings. The summed E-state index contributed by atoms with van der Waals surface area (Å²) in [5.74, 6) is 0. The molecule has 0 aliphatic carbocycles. The first-order valence-electron chi connectivity index (χ1n) is 6.55. The maximum absolute atomic E-state index is 6.20. The van der Waals surface area contributed by atoms with Crippen LogP contribution in [0, 0.1) is 6.92 Å². The zero-order chi connectivity index (χ0) is 13.8. The summed E-state index contributed by atoms with van der Waals surface area (Å²) in [6.45, 7) is 7.24. The summed E-state index contributed by atoms with van der Waals surface area (Å²) in [5, 5.41) is 12.6. The third kappa shape index (κ3) is 2.96. The minimum atomic E-state index is 0.191. The maximum atomic E-state index is 6.20. The first-order chi connectivity index (χ1) is 9.15. The van der Waals surface area contributed by atoms with E-state index in [4.69, 9.17) is 11.6 Å². The lowest BCUT2D eigenvalue weighted by Crippen LogP contribution is -2.20. The Morgan fingerprint density at radius 3 is 2.79 bits per heavy atom. The van der Waals surface area contributed by atoms with Crippen LogP contribution in [0.25, 0.3) is 5.69 Å². The maximum Gasteiger partial charge on any atom is 0.103 e. The Labute approximate surface area is 118 Å². The standard InChI is InChI=1S/C14H19ClN4/c1-4-9-16-10(2)14-11(3)19(18-17-14)13-8-6-5-7-12(13)15/h5-8,10,16H,4,9H2,1-3H3. The van der Waals surface area contributed by atoms with Crippen molar-refractivity contribution < 1.29 is 0 Å². The molecule has 0 bridgehead atoms. The van der Waals surface area contributed by atoms with E-state index in [9.17, 15) is 0 Å². The van der Waals surface area contributed by atoms with Gasteiger partial charge in [0.05, 0.1) is 22.4 Å². The van der Waals surface area contributed by atoms with Gasteiger partial charge in [0.2, 0.25) is 0 Å². The average Bonchev–Trinajstić information content (AvgIpc) is 2.78. The number of halogens is 1. The highest BCUT2D eigenvalue weighted by Crippen LogP contribution is 2.23. The minimum absolute atomic E-state index is 0.191. The molecule has 1 aromatic carbocycles. The smallest absolute Gasteiger partial charge is 0.103 e. The third-order valence-corrected chi connectivity index (χ3v) is 3.44. The van der Waals surface area contributed by atoms with Gasteiger partial charge in [0, 0.05) is 0 Å². The Kier molecular flexibility index (Phi) is 4.56. The van der Waals surface area contributed by atoms with Crippen molar-refractivity contribution in [1.82, 2.24) is 20.3 Å². The van der Waals surface area contributed by atoms with E-state index in [1.165, 1.54) is 0 Å². The molecule has 0 spiro atoms. The molecular weight excluding hydrogens is 260 g/mol. The number of para-hydroxylation sites is 1. The second kappa shape index (κ2) is 6.17. The molecule has 2 rings (SSSR count). The van der Waals surface area contributed by atoms with E-state index in [0.717, 1.165) is 30.0 Å². The second-order valence-corrected chi connectivity index (χ2v) is 5.01. The van der Waals surface area contributed by atoms with Crippen molar-refractivity contribution in [3.63, 3.8) is 0 Å². The molecule has 1 unspecified atom stereocenters. The number of benzene rings is 1. The van der Waals surface area contributed by atoms with Crippen molar-refractivity contribution >= 4 is 11.6 Å². The molecule has 19 heavy (non-hydrogen) atoms. The Morgan fingerprint density at radius 2 is 2.11 bits per heavy atom. The van der Waals surface area contributed by atoms with Crippen molar-refractivity contribution in [1.29, 1.82) is 0 Å². The molecule has 2 aromatic rings. The highest BCUT2D eigenvalue weighted by Gasteiger charge is 2.16. The number of nitrogens with one attached hydrogen (secondary N) is 1. The van der Waals surface area contributed by atoms with E-state index in [2.05, 4.69) is 29.5 Å². The number of nitrogens with zero attached hydrogens (tertiary/aromatic N) is 3. The van der Waals surface area contributed by atoms with E-state index in [-0.39, 0.29) is 6.04 Å². The van der Waals surface area contributed by atoms with Gasteiger partial charge in [0.25, 0.3) is 0 Å². The molecule has 0 aliphatic heterocycles. The van der Waals surface area contributed by atoms with Crippen LogP contribution in [-0.2, 0) is 0 Å². The molecule has 1 N–H and O–H groups in total. The summed E-state index contributed by atoms with van der Waals surface area (Å²) in [6, 6.07) is 7.84. The Hall–Kier alpha value is -1.39. The van der Waals surface area contributed by atoms with Crippen LogP contribution in [0.2, 0.25) is 5.02 Å². The van der Waals surface area contributed by atoms with Crippen LogP contribution < -0.4 is 5.32 Å². The van der Waals surface area contributed by atoms with Gasteiger partial charge in [-0.2, -0.15) is 0 Å². The predicted octanol–water partition coefficient (Wildman–Crippen LogP) is 3.29. The molecule has 1 heterocycles. The van der Waals surface area contributed by atoms with Crippen LogP contribution >= 0.6 is 11.6 Å². The average molecular weight is 279 g/mol. The number of rotatable bonds is 5. The van der Waals surface area contributed by atoms with Crippen molar-refractivity contribution in [2.75, 3.05) is 6.54 Å². The molecule has 0 fully saturated rings. The number of hydrogen-bond donors (Lipinski definition) is 1. The largest absolute Gasteiger partial charge is 0.309 e. The van der Waals surface area contributed by atoms with Gasteiger partial charge in [-0.15, -0.1) is 5.10 Å². The van der Waals surface area contributed by atoms with Gasteiger partial charge in [-0.05, 0) is 38.9 Å². The summed E-state index contributed by atoms with van der Waals surface area (Å²) >= 11 is 6.20. The fraction of sp³-hybridized carbons (Fsp3) is 0.429. The molecule has 0 saturated carbocycles. The van der Waals surface area contributed by atoms with E-state index in [0.29, 0.717) is 5.02 Å². The van der Waals surface area contributed by atoms with E-state index in [1.54, 1.807) is 4.68 Å². The summed E-state index contributed by atoms with van der Waals surface area (Å²) in [5.41, 5.74) is 2.85. The normalized spacial score (nSPS) is 12.6. The lowest BCUT2D eigenvalue weighted by Gasteiger charge is -2.11. The Bertz CT molecular complexity index is 550. The van der Waals surface area contributed by atoms with E-state index in [1.807, 2.05) is 31.2 Å². The molecule has 5 heteroatoms. The van der Waals surface area contributed by atoms with Crippen LogP contribution in [-0.4, -0.2) is 21.5 Å². The topological polar surface area (TPSA) is 42.7 Å². The molecule has 1 aromatic heterocycles. The van der Waals surface area contributed by atoms with Gasteiger partial charge in [-0.25, -0.2) is 4.68 Å². The van der Waals surface area contributed by atoms with Crippen LogP contribution in [0.4, 0.5) is 0 Å². The van der Waals surface area contributed by atoms with Gasteiger partial charge in [0.1, 0.15) is 5.69 Å². The van der Waals surface area contributed by atoms with Crippen molar-refractivity contribution in [3.8, 4) is 5.69 Å². The predicted molar refractivity (Wildman–Crippen MR) is 77.8 cm³/mol. The fourth-order valence-electron chi connectivity index (χ4n) is 2.05. The third-order valence-electron chi connectivity index (χ3n) is 3.12. The van der Waals surface area contributed by atoms with Crippen molar-refractivity contribution in [2.24, 2.45) is 0 Å². The van der Waals surface area contributed by atoms with Crippen molar-refractivity contribution in [2.45, 2.75) is 33.2 Å². The SMILES string of the molecule is CCCNC(C)c1nnn(-c2ccccc2Cl)c1C. The van der Waals surface area contributed by atoms with Crippen LogP contribution in [0.3, 0.4) is 0 Å². The molecule has 0 amide bonds. The molecule has 4 nitrogen and oxygen atoms in total. The van der Waals surface area contributed by atoms with Crippen LogP contribution in [0.1, 0.15) is 37.7 Å². The second-order valence-electron chi connectivity index (χ2n) is 4.60. The molecule has 0 radical (unpaired) electrons. The summed E-state index contributed by atoms with van der Waals surface area (Å²) in [7, 11) is 0. The van der Waals surface area contributed by atoms with Crippen LogP contribution in [0.5, 0.6) is 0 Å². The fourth-order valence-corrected chi connectivity index (χ4v) is 2.27. The highest BCUT2D eigenvalue weighted by atomic mass is 35.5. The molecule has 102 valence electrons. The van der Waals surface area contributed by atoms with Gasteiger partial charge in [-0.1, -0.05) is 35.9 Å². The zero-order valence-electron chi connectivity index (χ0n) is 11.5. The number of aromatic nitrogens is 3. The Balaban J connectivity index is 2.31. The lowest BCUT2D eigenvalue weighted by atomic mass is 10.2. The molecule has 0 saturated heterocycles. The van der Waals surface area contributed by atoms with E-state index < -0.39 is 0 Å². The zero-order valence-corrected chi connectivity index (χ0v) is 12.3.